The Morgan fingerprint density at radius 1 is 1.09 bits per heavy atom. The summed E-state index contributed by atoms with van der Waals surface area (Å²) in [6, 6.07) is 15.1. The maximum atomic E-state index is 12.2. The molecule has 0 heterocycles. The second-order valence-electron chi connectivity index (χ2n) is 7.99. The van der Waals surface area contributed by atoms with Gasteiger partial charge in [-0.25, -0.2) is 5.43 Å². The number of hydrogen-bond acceptors (Lipinski definition) is 7. The van der Waals surface area contributed by atoms with Gasteiger partial charge in [-0.15, -0.1) is 0 Å². The van der Waals surface area contributed by atoms with E-state index < -0.39 is 0 Å². The number of carbonyl (C=O) groups excluding carboxylic acids is 1. The van der Waals surface area contributed by atoms with Gasteiger partial charge in [-0.3, -0.25) is 9.69 Å². The van der Waals surface area contributed by atoms with Crippen molar-refractivity contribution in [1.82, 2.24) is 15.2 Å². The zero-order chi connectivity index (χ0) is 24.2. The van der Waals surface area contributed by atoms with Crippen LogP contribution in [0.3, 0.4) is 0 Å². The Morgan fingerprint density at radius 2 is 1.76 bits per heavy atom. The number of nitrogens with zero attached hydrogens (tertiary/aromatic N) is 5. The molecular formula is C25H34N6O2. The topological polar surface area (TPSA) is 95.2 Å². The van der Waals surface area contributed by atoms with Crippen LogP contribution in [-0.4, -0.2) is 73.8 Å². The monoisotopic (exact) mass is 450 g/mol. The van der Waals surface area contributed by atoms with Gasteiger partial charge in [0.25, 0.3) is 5.91 Å². The van der Waals surface area contributed by atoms with Crippen molar-refractivity contribution in [3.8, 4) is 11.8 Å². The zero-order valence-corrected chi connectivity index (χ0v) is 20.0. The van der Waals surface area contributed by atoms with Crippen LogP contribution in [-0.2, 0) is 11.3 Å². The number of phenols is 1. The van der Waals surface area contributed by atoms with Crippen molar-refractivity contribution in [3.63, 3.8) is 0 Å². The molecule has 2 aromatic carbocycles. The Bertz CT molecular complexity index is 964. The minimum Gasteiger partial charge on any atom is -0.507 e. The van der Waals surface area contributed by atoms with Crippen molar-refractivity contribution in [2.24, 2.45) is 5.10 Å². The molecule has 0 bridgehead atoms. The van der Waals surface area contributed by atoms with E-state index in [2.05, 4.69) is 40.2 Å². The predicted octanol–water partition coefficient (Wildman–Crippen LogP) is 2.62. The Hall–Kier alpha value is -3.41. The molecule has 8 nitrogen and oxygen atoms in total. The van der Waals surface area contributed by atoms with Crippen LogP contribution in [0.2, 0.25) is 0 Å². The first-order valence-corrected chi connectivity index (χ1v) is 11.1. The van der Waals surface area contributed by atoms with Crippen LogP contribution in [0, 0.1) is 11.3 Å². The number of phenolic OH excluding ortho intramolecular Hbond substituents is 1. The fraction of sp³-hybridized carbons (Fsp3) is 0.400. The summed E-state index contributed by atoms with van der Waals surface area (Å²) in [5.74, 6) is -0.0948. The van der Waals surface area contributed by atoms with Crippen LogP contribution in [0.15, 0.2) is 47.6 Å². The third kappa shape index (κ3) is 8.56. The highest BCUT2D eigenvalue weighted by molar-refractivity contribution is 5.86. The number of benzene rings is 2. The number of hydrazone groups is 1. The van der Waals surface area contributed by atoms with Gasteiger partial charge in [0.2, 0.25) is 0 Å². The van der Waals surface area contributed by atoms with Crippen LogP contribution in [0.5, 0.6) is 5.75 Å². The standard InChI is InChI=1S/C25H34N6O2/c1-5-31(6-2)23-12-11-22(24(32)15-23)17-27-28-25(33)19-30(4)14-13-29(3)18-21-9-7-20(16-26)8-10-21/h7-12,15,17,32H,5-6,13-14,18-19H2,1-4H3,(H,28,33)/b27-17+. The predicted molar refractivity (Wildman–Crippen MR) is 132 cm³/mol. The summed E-state index contributed by atoms with van der Waals surface area (Å²) in [6.45, 7) is 8.35. The minimum absolute atomic E-state index is 0.125. The van der Waals surface area contributed by atoms with Crippen molar-refractivity contribution < 1.29 is 9.90 Å². The number of rotatable bonds is 12. The fourth-order valence-corrected chi connectivity index (χ4v) is 3.38. The molecule has 2 N–H and O–H groups in total. The maximum Gasteiger partial charge on any atom is 0.254 e. The molecule has 2 rings (SSSR count). The van der Waals surface area contributed by atoms with E-state index in [-0.39, 0.29) is 18.2 Å². The van der Waals surface area contributed by atoms with Crippen LogP contribution < -0.4 is 10.3 Å². The smallest absolute Gasteiger partial charge is 0.254 e. The maximum absolute atomic E-state index is 12.2. The van der Waals surface area contributed by atoms with Gasteiger partial charge < -0.3 is 14.9 Å². The van der Waals surface area contributed by atoms with Crippen molar-refractivity contribution >= 4 is 17.8 Å². The Morgan fingerprint density at radius 3 is 2.36 bits per heavy atom. The van der Waals surface area contributed by atoms with Crippen molar-refractivity contribution in [2.45, 2.75) is 20.4 Å². The Labute approximate surface area is 196 Å². The Kier molecular flexibility index (Phi) is 10.3. The molecule has 0 saturated heterocycles. The molecule has 0 aliphatic rings. The van der Waals surface area contributed by atoms with E-state index >= 15 is 0 Å². The molecule has 0 aliphatic carbocycles. The minimum atomic E-state index is -0.220. The molecular weight excluding hydrogens is 416 g/mol. The molecule has 0 atom stereocenters. The van der Waals surface area contributed by atoms with E-state index in [9.17, 15) is 9.90 Å². The summed E-state index contributed by atoms with van der Waals surface area (Å²) in [5.41, 5.74) is 5.80. The lowest BCUT2D eigenvalue weighted by molar-refractivity contribution is -0.121. The SMILES string of the molecule is CCN(CC)c1ccc(/C=N/NC(=O)CN(C)CCN(C)Cc2ccc(C#N)cc2)c(O)c1. The third-order valence-electron chi connectivity index (χ3n) is 5.35. The van der Waals surface area contributed by atoms with Gasteiger partial charge in [0, 0.05) is 50.0 Å². The first kappa shape index (κ1) is 25.8. The van der Waals surface area contributed by atoms with Crippen LogP contribution in [0.4, 0.5) is 5.69 Å². The van der Waals surface area contributed by atoms with E-state index in [4.69, 9.17) is 5.26 Å². The van der Waals surface area contributed by atoms with Gasteiger partial charge in [-0.2, -0.15) is 10.4 Å². The lowest BCUT2D eigenvalue weighted by Gasteiger charge is -2.21. The van der Waals surface area contributed by atoms with Gasteiger partial charge in [0.05, 0.1) is 24.4 Å². The second-order valence-corrected chi connectivity index (χ2v) is 7.99. The van der Waals surface area contributed by atoms with Gasteiger partial charge in [-0.1, -0.05) is 12.1 Å². The summed E-state index contributed by atoms with van der Waals surface area (Å²) in [4.78, 5) is 18.4. The number of nitrogens with one attached hydrogen (secondary N) is 1. The number of hydrogen-bond donors (Lipinski definition) is 2. The van der Waals surface area contributed by atoms with E-state index in [0.717, 1.165) is 44.0 Å². The molecule has 0 aliphatic heterocycles. The first-order valence-electron chi connectivity index (χ1n) is 11.1. The highest BCUT2D eigenvalue weighted by Crippen LogP contribution is 2.23. The number of carbonyl (C=O) groups is 1. The molecule has 0 aromatic heterocycles. The third-order valence-corrected chi connectivity index (χ3v) is 5.35. The number of likely N-dealkylation sites (N-methyl/N-ethyl adjacent to an activating group) is 2. The summed E-state index contributed by atoms with van der Waals surface area (Å²) in [6.07, 6.45) is 1.45. The second kappa shape index (κ2) is 13.2. The lowest BCUT2D eigenvalue weighted by atomic mass is 10.1. The highest BCUT2D eigenvalue weighted by Gasteiger charge is 2.09. The first-order chi connectivity index (χ1) is 15.9. The Balaban J connectivity index is 1.75. The van der Waals surface area contributed by atoms with Crippen molar-refractivity contribution in [2.75, 3.05) is 51.7 Å². The van der Waals surface area contributed by atoms with Crippen molar-refractivity contribution in [3.05, 3.63) is 59.2 Å². The van der Waals surface area contributed by atoms with E-state index in [1.807, 2.05) is 49.3 Å². The quantitative estimate of drug-likeness (QED) is 0.381. The van der Waals surface area contributed by atoms with Gasteiger partial charge in [0.1, 0.15) is 5.75 Å². The average molecular weight is 451 g/mol. The molecule has 33 heavy (non-hydrogen) atoms. The van der Waals surface area contributed by atoms with E-state index in [1.54, 1.807) is 12.1 Å². The molecule has 0 radical (unpaired) electrons. The lowest BCUT2D eigenvalue weighted by Crippen LogP contribution is -2.37. The summed E-state index contributed by atoms with van der Waals surface area (Å²) < 4.78 is 0. The zero-order valence-electron chi connectivity index (χ0n) is 20.0. The average Bonchev–Trinajstić information content (AvgIpc) is 2.80. The number of nitriles is 1. The number of anilines is 1. The van der Waals surface area contributed by atoms with Crippen molar-refractivity contribution in [1.29, 1.82) is 5.26 Å². The summed E-state index contributed by atoms with van der Waals surface area (Å²) in [5, 5.41) is 23.1. The van der Waals surface area contributed by atoms with E-state index in [1.165, 1.54) is 6.21 Å². The number of amides is 1. The van der Waals surface area contributed by atoms with Gasteiger partial charge in [-0.05, 0) is 57.8 Å². The molecule has 0 unspecified atom stereocenters. The molecule has 0 fully saturated rings. The van der Waals surface area contributed by atoms with Crippen LogP contribution >= 0.6 is 0 Å². The summed E-state index contributed by atoms with van der Waals surface area (Å²) in [7, 11) is 3.91. The van der Waals surface area contributed by atoms with Crippen LogP contribution in [0.25, 0.3) is 0 Å². The number of aromatic hydroxyl groups is 1. The molecule has 2 aromatic rings. The molecule has 0 spiro atoms. The summed E-state index contributed by atoms with van der Waals surface area (Å²) >= 11 is 0. The normalized spacial score (nSPS) is 11.2. The molecule has 176 valence electrons. The van der Waals surface area contributed by atoms with Gasteiger partial charge >= 0.3 is 0 Å². The highest BCUT2D eigenvalue weighted by atomic mass is 16.3. The van der Waals surface area contributed by atoms with E-state index in [0.29, 0.717) is 11.1 Å². The molecule has 1 amide bonds. The van der Waals surface area contributed by atoms with Gasteiger partial charge in [0.15, 0.2) is 0 Å². The van der Waals surface area contributed by atoms with Crippen LogP contribution in [0.1, 0.15) is 30.5 Å². The fourth-order valence-electron chi connectivity index (χ4n) is 3.38. The largest absolute Gasteiger partial charge is 0.507 e. The molecule has 8 heteroatoms. The molecule has 0 saturated carbocycles.